The zero-order chi connectivity index (χ0) is 24.5. The average Bonchev–Trinajstić information content (AvgIpc) is 2.74. The number of nitrogens with zero attached hydrogens (tertiary/aromatic N) is 2. The van der Waals surface area contributed by atoms with Gasteiger partial charge in [0.15, 0.2) is 5.69 Å². The van der Waals surface area contributed by atoms with Gasteiger partial charge in [-0.2, -0.15) is 0 Å². The Kier molecular flexibility index (Phi) is 9.99. The highest BCUT2D eigenvalue weighted by molar-refractivity contribution is 6.30. The molecule has 0 bridgehead atoms. The Balaban J connectivity index is 2.19. The first-order valence-electron chi connectivity index (χ1n) is 11.0. The Morgan fingerprint density at radius 1 is 1.24 bits per heavy atom. The molecular formula is C23H33ClN4O5. The van der Waals surface area contributed by atoms with E-state index >= 15 is 0 Å². The summed E-state index contributed by atoms with van der Waals surface area (Å²) in [6.07, 6.45) is 1.08. The molecule has 0 unspecified atom stereocenters. The Morgan fingerprint density at radius 2 is 1.97 bits per heavy atom. The molecule has 10 heteroatoms. The highest BCUT2D eigenvalue weighted by atomic mass is 35.5. The summed E-state index contributed by atoms with van der Waals surface area (Å²) >= 11 is 5.96. The maximum atomic E-state index is 13.1. The number of halogens is 1. The van der Waals surface area contributed by atoms with E-state index < -0.39 is 11.2 Å². The number of hydrogen-bond acceptors (Lipinski definition) is 6. The molecule has 0 aliphatic heterocycles. The van der Waals surface area contributed by atoms with Crippen LogP contribution in [0.4, 0.5) is 11.5 Å². The number of ether oxygens (including phenoxy) is 2. The quantitative estimate of drug-likeness (QED) is 0.451. The molecule has 0 spiro atoms. The Bertz CT molecular complexity index is 1060. The van der Waals surface area contributed by atoms with Crippen molar-refractivity contribution < 1.29 is 14.3 Å². The number of nitrogen functional groups attached to an aromatic ring is 1. The normalized spacial score (nSPS) is 11.1. The van der Waals surface area contributed by atoms with Crippen LogP contribution in [0.2, 0.25) is 5.02 Å². The molecule has 0 radical (unpaired) electrons. The second kappa shape index (κ2) is 12.5. The summed E-state index contributed by atoms with van der Waals surface area (Å²) in [5.41, 5.74) is 5.84. The molecule has 2 rings (SSSR count). The lowest BCUT2D eigenvalue weighted by molar-refractivity contribution is -0.118. The summed E-state index contributed by atoms with van der Waals surface area (Å²) in [6, 6.07) is 5.34. The van der Waals surface area contributed by atoms with E-state index in [1.54, 1.807) is 25.3 Å². The van der Waals surface area contributed by atoms with Crippen LogP contribution >= 0.6 is 11.6 Å². The smallest absolute Gasteiger partial charge is 0.330 e. The van der Waals surface area contributed by atoms with Crippen molar-refractivity contribution in [2.24, 2.45) is 5.92 Å². The van der Waals surface area contributed by atoms with Crippen LogP contribution < -0.4 is 26.6 Å². The second-order valence-corrected chi connectivity index (χ2v) is 8.69. The van der Waals surface area contributed by atoms with Crippen molar-refractivity contribution in [2.75, 3.05) is 37.5 Å². The number of benzene rings is 1. The number of rotatable bonds is 12. The zero-order valence-corrected chi connectivity index (χ0v) is 20.4. The zero-order valence-electron chi connectivity index (χ0n) is 19.7. The van der Waals surface area contributed by atoms with Gasteiger partial charge in [-0.15, -0.1) is 0 Å². The van der Waals surface area contributed by atoms with Crippen LogP contribution in [0.15, 0.2) is 27.8 Å². The fraction of sp³-hybridized carbons (Fsp3) is 0.522. The number of aryl methyl sites for hydroxylation is 1. The van der Waals surface area contributed by atoms with Crippen molar-refractivity contribution in [3.8, 4) is 5.75 Å². The van der Waals surface area contributed by atoms with E-state index in [-0.39, 0.29) is 36.3 Å². The van der Waals surface area contributed by atoms with Crippen molar-refractivity contribution in [3.63, 3.8) is 0 Å². The third kappa shape index (κ3) is 7.36. The number of carbonyl (C=O) groups is 1. The van der Waals surface area contributed by atoms with E-state index in [2.05, 4.69) is 4.98 Å². The molecule has 3 N–H and O–H groups in total. The van der Waals surface area contributed by atoms with Crippen LogP contribution in [-0.2, 0) is 16.1 Å². The van der Waals surface area contributed by atoms with E-state index in [0.717, 1.165) is 5.56 Å². The molecule has 0 atom stereocenters. The van der Waals surface area contributed by atoms with E-state index in [0.29, 0.717) is 43.4 Å². The summed E-state index contributed by atoms with van der Waals surface area (Å²) in [6.45, 7) is 7.04. The molecule has 9 nitrogen and oxygen atoms in total. The largest absolute Gasteiger partial charge is 0.493 e. The summed E-state index contributed by atoms with van der Waals surface area (Å²) < 4.78 is 12.2. The van der Waals surface area contributed by atoms with E-state index in [9.17, 15) is 14.4 Å². The van der Waals surface area contributed by atoms with Gasteiger partial charge in [-0.25, -0.2) is 4.79 Å². The van der Waals surface area contributed by atoms with Crippen molar-refractivity contribution in [1.29, 1.82) is 0 Å². The third-order valence-corrected chi connectivity index (χ3v) is 5.23. The van der Waals surface area contributed by atoms with Crippen LogP contribution in [0.5, 0.6) is 5.75 Å². The van der Waals surface area contributed by atoms with Gasteiger partial charge >= 0.3 is 5.69 Å². The van der Waals surface area contributed by atoms with Crippen molar-refractivity contribution in [1.82, 2.24) is 9.55 Å². The van der Waals surface area contributed by atoms with Gasteiger partial charge in [0.2, 0.25) is 5.91 Å². The number of nitrogens with one attached hydrogen (secondary N) is 1. The first kappa shape index (κ1) is 26.5. The maximum absolute atomic E-state index is 13.1. The number of amides is 1. The van der Waals surface area contributed by atoms with Crippen LogP contribution in [-0.4, -0.2) is 42.3 Å². The number of aromatic nitrogens is 2. The van der Waals surface area contributed by atoms with Crippen LogP contribution in [0.1, 0.15) is 38.7 Å². The summed E-state index contributed by atoms with van der Waals surface area (Å²) in [4.78, 5) is 41.7. The summed E-state index contributed by atoms with van der Waals surface area (Å²) in [5, 5.41) is 0.628. The molecule has 1 amide bonds. The van der Waals surface area contributed by atoms with E-state index in [1.165, 1.54) is 9.47 Å². The molecule has 0 aliphatic carbocycles. The number of aromatic amines is 1. The molecule has 1 heterocycles. The number of carbonyl (C=O) groups excluding carboxylic acids is 1. The Morgan fingerprint density at radius 3 is 2.61 bits per heavy atom. The minimum Gasteiger partial charge on any atom is -0.493 e. The molecule has 33 heavy (non-hydrogen) atoms. The van der Waals surface area contributed by atoms with Gasteiger partial charge in [0, 0.05) is 38.2 Å². The van der Waals surface area contributed by atoms with E-state index in [1.807, 2.05) is 20.8 Å². The van der Waals surface area contributed by atoms with Gasteiger partial charge in [-0.1, -0.05) is 25.4 Å². The number of anilines is 2. The number of hydrogen-bond donors (Lipinski definition) is 2. The maximum Gasteiger partial charge on any atom is 0.330 e. The second-order valence-electron chi connectivity index (χ2n) is 8.25. The molecule has 0 fully saturated rings. The first-order chi connectivity index (χ1) is 15.6. The molecule has 182 valence electrons. The van der Waals surface area contributed by atoms with Gasteiger partial charge < -0.3 is 20.1 Å². The minimum atomic E-state index is -0.684. The fourth-order valence-corrected chi connectivity index (χ4v) is 3.65. The first-order valence-corrected chi connectivity index (χ1v) is 11.3. The van der Waals surface area contributed by atoms with Crippen LogP contribution in [0, 0.1) is 12.8 Å². The van der Waals surface area contributed by atoms with Gasteiger partial charge in [0.25, 0.3) is 5.56 Å². The van der Waals surface area contributed by atoms with Crippen LogP contribution in [0.25, 0.3) is 0 Å². The highest BCUT2D eigenvalue weighted by Gasteiger charge is 2.24. The van der Waals surface area contributed by atoms with Crippen molar-refractivity contribution in [2.45, 2.75) is 46.6 Å². The van der Waals surface area contributed by atoms with Gasteiger partial charge in [0.05, 0.1) is 6.61 Å². The molecule has 1 aromatic heterocycles. The summed E-state index contributed by atoms with van der Waals surface area (Å²) in [7, 11) is 1.56. The Hall–Kier alpha value is -2.78. The minimum absolute atomic E-state index is 0.00850. The van der Waals surface area contributed by atoms with Gasteiger partial charge in [-0.05, 0) is 49.4 Å². The standard InChI is InChI=1S/C23H33ClN4O5/c1-15(2)14-28-21(25)20(22(30)26-23(28)31)27(10-6-11-32-4)19(29)7-5-12-33-18-9-8-17(24)13-16(18)3/h8-9,13,15H,5-7,10-12,14,25H2,1-4H3,(H,26,30,31). The van der Waals surface area contributed by atoms with E-state index in [4.69, 9.17) is 26.8 Å². The lowest BCUT2D eigenvalue weighted by Crippen LogP contribution is -2.42. The predicted octanol–water partition coefficient (Wildman–Crippen LogP) is 2.97. The number of H-pyrrole nitrogens is 1. The average molecular weight is 481 g/mol. The lowest BCUT2D eigenvalue weighted by Gasteiger charge is -2.25. The number of nitrogens with two attached hydrogens (primary N) is 1. The monoisotopic (exact) mass is 480 g/mol. The molecular weight excluding hydrogens is 448 g/mol. The third-order valence-electron chi connectivity index (χ3n) is 4.99. The number of methoxy groups -OCH3 is 1. The fourth-order valence-electron chi connectivity index (χ4n) is 3.43. The molecule has 0 saturated carbocycles. The highest BCUT2D eigenvalue weighted by Crippen LogP contribution is 2.23. The SMILES string of the molecule is COCCCN(C(=O)CCCOc1ccc(Cl)cc1C)c1c(N)n(CC(C)C)c(=O)[nH]c1=O. The van der Waals surface area contributed by atoms with Crippen molar-refractivity contribution in [3.05, 3.63) is 49.6 Å². The Labute approximate surface area is 198 Å². The lowest BCUT2D eigenvalue weighted by atomic mass is 10.2. The summed E-state index contributed by atoms with van der Waals surface area (Å²) in [5.74, 6) is 0.519. The molecule has 0 saturated heterocycles. The predicted molar refractivity (Wildman–Crippen MR) is 130 cm³/mol. The molecule has 0 aliphatic rings. The van der Waals surface area contributed by atoms with Crippen molar-refractivity contribution >= 4 is 29.0 Å². The molecule has 1 aromatic carbocycles. The van der Waals surface area contributed by atoms with Gasteiger partial charge in [0.1, 0.15) is 11.6 Å². The topological polar surface area (TPSA) is 120 Å². The molecule has 2 aromatic rings. The van der Waals surface area contributed by atoms with Gasteiger partial charge in [-0.3, -0.25) is 19.1 Å². The van der Waals surface area contributed by atoms with Crippen LogP contribution in [0.3, 0.4) is 0 Å².